The number of carbonyl (C=O) groups is 5. The van der Waals surface area contributed by atoms with Gasteiger partial charge in [-0.15, -0.1) is 0 Å². The lowest BCUT2D eigenvalue weighted by Crippen LogP contribution is -2.61. The quantitative estimate of drug-likeness (QED) is 0.151. The monoisotopic (exact) mass is 573 g/mol. The molecule has 0 saturated carbocycles. The molecule has 5 N–H and O–H groups in total. The second-order valence-electron chi connectivity index (χ2n) is 11.2. The van der Waals surface area contributed by atoms with Crippen molar-refractivity contribution in [1.82, 2.24) is 26.3 Å². The average molecular weight is 574 g/mol. The van der Waals surface area contributed by atoms with E-state index >= 15 is 0 Å². The molecular formula is C29H43N5O7. The molecule has 2 aliphatic heterocycles. The molecule has 0 unspecified atom stereocenters. The number of unbranched alkanes of at least 4 members (excludes halogenated alkanes) is 2. The highest BCUT2D eigenvalue weighted by Gasteiger charge is 2.40. The normalized spacial score (nSPS) is 23.6. The first-order chi connectivity index (χ1) is 19.6. The van der Waals surface area contributed by atoms with E-state index in [0.717, 1.165) is 5.56 Å². The van der Waals surface area contributed by atoms with Gasteiger partial charge in [0.25, 0.3) is 0 Å². The van der Waals surface area contributed by atoms with Gasteiger partial charge in [-0.1, -0.05) is 38.8 Å². The predicted molar refractivity (Wildman–Crippen MR) is 150 cm³/mol. The standard InChI is InChI=1S/C29H43N5O7/c1-18(2)16-23-29(39)34-15-7-9-24(34)28(38)30-21(8-5-4-6-10-25(35)33-40)26(36)31-22(27(37)32-23)17-19-11-13-20(41-3)14-12-19/h11-14,18,21-24,40H,4-10,15-17H2,1-3H3,(H,30,38)(H,31,36)(H,32,37)(H,33,35)/t21-,22+,23-,24+/m0/s1. The van der Waals surface area contributed by atoms with Crippen LogP contribution >= 0.6 is 0 Å². The van der Waals surface area contributed by atoms with E-state index in [1.807, 2.05) is 26.0 Å². The largest absolute Gasteiger partial charge is 0.497 e. The molecule has 2 saturated heterocycles. The zero-order chi connectivity index (χ0) is 29.9. The number of benzene rings is 1. The second kappa shape index (κ2) is 15.4. The van der Waals surface area contributed by atoms with Crippen molar-refractivity contribution in [1.29, 1.82) is 0 Å². The molecule has 1 aromatic carbocycles. The topological polar surface area (TPSA) is 166 Å². The third kappa shape index (κ3) is 9.17. The summed E-state index contributed by atoms with van der Waals surface area (Å²) in [5.41, 5.74) is 2.38. The molecular weight excluding hydrogens is 530 g/mol. The molecule has 1 aromatic rings. The molecule has 226 valence electrons. The van der Waals surface area contributed by atoms with Crippen molar-refractivity contribution in [3.63, 3.8) is 0 Å². The van der Waals surface area contributed by atoms with Crippen LogP contribution < -0.4 is 26.2 Å². The third-order valence-electron chi connectivity index (χ3n) is 7.55. The number of hydrogen-bond donors (Lipinski definition) is 5. The minimum Gasteiger partial charge on any atom is -0.497 e. The Labute approximate surface area is 240 Å². The number of rotatable bonds is 11. The van der Waals surface area contributed by atoms with Crippen LogP contribution in [0.25, 0.3) is 0 Å². The lowest BCUT2D eigenvalue weighted by Gasteiger charge is -2.33. The van der Waals surface area contributed by atoms with Crippen LogP contribution in [0.4, 0.5) is 0 Å². The van der Waals surface area contributed by atoms with Gasteiger partial charge in [-0.05, 0) is 55.7 Å². The van der Waals surface area contributed by atoms with Crippen molar-refractivity contribution < 1.29 is 33.9 Å². The van der Waals surface area contributed by atoms with Crippen LogP contribution in [0.1, 0.15) is 70.8 Å². The maximum absolute atomic E-state index is 13.7. The van der Waals surface area contributed by atoms with Gasteiger partial charge >= 0.3 is 0 Å². The fourth-order valence-electron chi connectivity index (χ4n) is 5.35. The SMILES string of the molecule is COc1ccc(C[C@H]2NC(=O)[C@H](CCCCCC(=O)NO)NC(=O)[C@H]3CCCN3C(=O)[C@H](CC(C)C)NC2=O)cc1. The Hall–Kier alpha value is -3.67. The van der Waals surface area contributed by atoms with E-state index < -0.39 is 47.8 Å². The predicted octanol–water partition coefficient (Wildman–Crippen LogP) is 1.20. The molecule has 2 fully saturated rings. The van der Waals surface area contributed by atoms with Crippen LogP contribution in [0.15, 0.2) is 24.3 Å². The summed E-state index contributed by atoms with van der Waals surface area (Å²) in [6.45, 7) is 4.32. The van der Waals surface area contributed by atoms with Crippen LogP contribution in [0.3, 0.4) is 0 Å². The zero-order valence-corrected chi connectivity index (χ0v) is 24.1. The van der Waals surface area contributed by atoms with Crippen molar-refractivity contribution in [2.75, 3.05) is 13.7 Å². The summed E-state index contributed by atoms with van der Waals surface area (Å²) in [6, 6.07) is 3.70. The Morgan fingerprint density at radius 1 is 0.976 bits per heavy atom. The fraction of sp³-hybridized carbons (Fsp3) is 0.621. The Morgan fingerprint density at radius 3 is 2.29 bits per heavy atom. The van der Waals surface area contributed by atoms with Gasteiger partial charge in [-0.2, -0.15) is 0 Å². The van der Waals surface area contributed by atoms with Gasteiger partial charge in [0.2, 0.25) is 29.5 Å². The summed E-state index contributed by atoms with van der Waals surface area (Å²) >= 11 is 0. The van der Waals surface area contributed by atoms with Gasteiger partial charge in [-0.3, -0.25) is 29.2 Å². The highest BCUT2D eigenvalue weighted by Crippen LogP contribution is 2.22. The van der Waals surface area contributed by atoms with Crippen molar-refractivity contribution in [2.45, 2.75) is 95.8 Å². The molecule has 3 rings (SSSR count). The number of carbonyl (C=O) groups excluding carboxylic acids is 5. The summed E-state index contributed by atoms with van der Waals surface area (Å²) < 4.78 is 5.22. The average Bonchev–Trinajstić information content (AvgIpc) is 3.45. The van der Waals surface area contributed by atoms with Gasteiger partial charge < -0.3 is 25.6 Å². The van der Waals surface area contributed by atoms with E-state index in [-0.39, 0.29) is 31.1 Å². The Bertz CT molecular complexity index is 1080. The summed E-state index contributed by atoms with van der Waals surface area (Å²) in [5, 5.41) is 17.2. The molecule has 12 heteroatoms. The van der Waals surface area contributed by atoms with E-state index in [2.05, 4.69) is 16.0 Å². The Balaban J connectivity index is 1.86. The minimum absolute atomic E-state index is 0.106. The number of methoxy groups -OCH3 is 1. The number of nitrogens with zero attached hydrogens (tertiary/aromatic N) is 1. The first-order valence-corrected chi connectivity index (χ1v) is 14.4. The van der Waals surface area contributed by atoms with Gasteiger partial charge in [0, 0.05) is 19.4 Å². The van der Waals surface area contributed by atoms with Gasteiger partial charge in [-0.25, -0.2) is 5.48 Å². The first kappa shape index (κ1) is 31.9. The smallest absolute Gasteiger partial charge is 0.245 e. The van der Waals surface area contributed by atoms with Crippen molar-refractivity contribution in [3.05, 3.63) is 29.8 Å². The van der Waals surface area contributed by atoms with Crippen LogP contribution in [0, 0.1) is 5.92 Å². The van der Waals surface area contributed by atoms with E-state index in [1.165, 1.54) is 4.90 Å². The molecule has 2 heterocycles. The molecule has 41 heavy (non-hydrogen) atoms. The maximum atomic E-state index is 13.7. The molecule has 0 aromatic heterocycles. The Kier molecular flexibility index (Phi) is 11.9. The molecule has 0 spiro atoms. The molecule has 4 atom stereocenters. The zero-order valence-electron chi connectivity index (χ0n) is 24.1. The van der Waals surface area contributed by atoms with E-state index in [9.17, 15) is 24.0 Å². The summed E-state index contributed by atoms with van der Waals surface area (Å²) in [7, 11) is 1.56. The Morgan fingerprint density at radius 2 is 1.63 bits per heavy atom. The lowest BCUT2D eigenvalue weighted by molar-refractivity contribution is -0.143. The van der Waals surface area contributed by atoms with Gasteiger partial charge in [0.15, 0.2) is 0 Å². The van der Waals surface area contributed by atoms with E-state index in [1.54, 1.807) is 24.7 Å². The summed E-state index contributed by atoms with van der Waals surface area (Å²) in [6.07, 6.45) is 3.74. The van der Waals surface area contributed by atoms with Crippen LogP contribution in [-0.2, 0) is 30.4 Å². The van der Waals surface area contributed by atoms with Crippen LogP contribution in [0.5, 0.6) is 5.75 Å². The molecule has 12 nitrogen and oxygen atoms in total. The lowest BCUT2D eigenvalue weighted by atomic mass is 9.99. The molecule has 0 aliphatic carbocycles. The van der Waals surface area contributed by atoms with E-state index in [4.69, 9.17) is 9.94 Å². The highest BCUT2D eigenvalue weighted by molar-refractivity contribution is 5.97. The first-order valence-electron chi connectivity index (χ1n) is 14.4. The number of fused-ring (bicyclic) bond motifs is 1. The van der Waals surface area contributed by atoms with Crippen molar-refractivity contribution >= 4 is 29.5 Å². The van der Waals surface area contributed by atoms with Crippen LogP contribution in [0.2, 0.25) is 0 Å². The van der Waals surface area contributed by atoms with Crippen molar-refractivity contribution in [3.8, 4) is 5.75 Å². The third-order valence-corrected chi connectivity index (χ3v) is 7.55. The fourth-order valence-corrected chi connectivity index (χ4v) is 5.35. The van der Waals surface area contributed by atoms with Gasteiger partial charge in [0.05, 0.1) is 7.11 Å². The maximum Gasteiger partial charge on any atom is 0.245 e. The highest BCUT2D eigenvalue weighted by atomic mass is 16.5. The van der Waals surface area contributed by atoms with Crippen molar-refractivity contribution in [2.24, 2.45) is 5.92 Å². The molecule has 2 aliphatic rings. The number of hydrogen-bond acceptors (Lipinski definition) is 7. The summed E-state index contributed by atoms with van der Waals surface area (Å²) in [5.74, 6) is -1.37. The number of nitrogens with one attached hydrogen (secondary N) is 4. The summed E-state index contributed by atoms with van der Waals surface area (Å²) in [4.78, 5) is 67.1. The second-order valence-corrected chi connectivity index (χ2v) is 11.2. The molecule has 5 amide bonds. The number of hydroxylamine groups is 1. The molecule has 0 radical (unpaired) electrons. The van der Waals surface area contributed by atoms with Gasteiger partial charge in [0.1, 0.15) is 29.9 Å². The van der Waals surface area contributed by atoms with Crippen LogP contribution in [-0.4, -0.2) is 77.5 Å². The minimum atomic E-state index is -0.986. The van der Waals surface area contributed by atoms with E-state index in [0.29, 0.717) is 50.8 Å². The number of ether oxygens (including phenoxy) is 1. The molecule has 0 bridgehead atoms. The number of amides is 5.